The van der Waals surface area contributed by atoms with Gasteiger partial charge in [0.2, 0.25) is 5.91 Å². The summed E-state index contributed by atoms with van der Waals surface area (Å²) in [7, 11) is 1.97. The molecule has 1 rings (SSSR count). The summed E-state index contributed by atoms with van der Waals surface area (Å²) in [6.07, 6.45) is 0.910. The standard InChI is InChI=1S/C16H23IN2O3.2C2H6/c1-12(2)19(3)10-14(20)11-22-15-6-4-13(5-7-15)18-16(21)8-9-17;2*1-2/h4-9,12,14,20H,10-11H2,1-3H3,(H,18,21);2*1-2H3/b9-8-;;. The number of aliphatic hydroxyl groups excluding tert-OH is 1. The lowest BCUT2D eigenvalue weighted by molar-refractivity contribution is -0.111. The van der Waals surface area contributed by atoms with Gasteiger partial charge in [0.1, 0.15) is 18.5 Å². The van der Waals surface area contributed by atoms with Crippen LogP contribution in [0.15, 0.2) is 34.4 Å². The van der Waals surface area contributed by atoms with Crippen LogP contribution < -0.4 is 10.1 Å². The van der Waals surface area contributed by atoms with Crippen molar-refractivity contribution >= 4 is 34.2 Å². The fourth-order valence-corrected chi connectivity index (χ4v) is 1.99. The summed E-state index contributed by atoms with van der Waals surface area (Å²) < 4.78 is 7.20. The van der Waals surface area contributed by atoms with Crippen molar-refractivity contribution in [3.63, 3.8) is 0 Å². The number of hydrogen-bond donors (Lipinski definition) is 2. The van der Waals surface area contributed by atoms with E-state index >= 15 is 0 Å². The van der Waals surface area contributed by atoms with E-state index in [2.05, 4.69) is 24.1 Å². The molecular formula is C20H35IN2O3. The predicted molar refractivity (Wildman–Crippen MR) is 120 cm³/mol. The minimum Gasteiger partial charge on any atom is -0.491 e. The second-order valence-corrected chi connectivity index (χ2v) is 6.02. The molecule has 1 atom stereocenters. The molecular weight excluding hydrogens is 443 g/mol. The first-order chi connectivity index (χ1) is 12.4. The molecule has 0 fully saturated rings. The number of carbonyl (C=O) groups is 1. The highest BCUT2D eigenvalue weighted by Gasteiger charge is 2.11. The third kappa shape index (κ3) is 13.1. The molecule has 1 amide bonds. The second kappa shape index (κ2) is 17.3. The zero-order valence-electron chi connectivity index (χ0n) is 17.1. The Hall–Kier alpha value is -1.12. The van der Waals surface area contributed by atoms with Crippen LogP contribution in [0.5, 0.6) is 5.75 Å². The third-order valence-electron chi connectivity index (χ3n) is 3.16. The molecule has 0 aromatic heterocycles. The average molecular weight is 478 g/mol. The summed E-state index contributed by atoms with van der Waals surface area (Å²) in [5, 5.41) is 12.7. The van der Waals surface area contributed by atoms with Crippen molar-refractivity contribution in [1.29, 1.82) is 0 Å². The molecule has 6 heteroatoms. The summed E-state index contributed by atoms with van der Waals surface area (Å²) in [4.78, 5) is 13.5. The van der Waals surface area contributed by atoms with E-state index in [4.69, 9.17) is 4.74 Å². The first-order valence-corrected chi connectivity index (χ1v) is 10.4. The first-order valence-electron chi connectivity index (χ1n) is 9.11. The van der Waals surface area contributed by atoms with Crippen LogP contribution >= 0.6 is 22.6 Å². The number of benzene rings is 1. The van der Waals surface area contributed by atoms with Crippen LogP contribution in [0.3, 0.4) is 0 Å². The molecule has 150 valence electrons. The molecule has 1 aromatic rings. The minimum absolute atomic E-state index is 0.171. The number of rotatable bonds is 8. The fraction of sp³-hybridized carbons (Fsp3) is 0.550. The van der Waals surface area contributed by atoms with Gasteiger partial charge >= 0.3 is 0 Å². The molecule has 0 aliphatic rings. The average Bonchev–Trinajstić information content (AvgIpc) is 2.64. The van der Waals surface area contributed by atoms with Crippen molar-refractivity contribution in [3.05, 3.63) is 34.4 Å². The number of amides is 1. The Kier molecular flexibility index (Phi) is 18.0. The van der Waals surface area contributed by atoms with E-state index in [0.717, 1.165) is 0 Å². The Morgan fingerprint density at radius 3 is 2.23 bits per heavy atom. The lowest BCUT2D eigenvalue weighted by Gasteiger charge is -2.24. The zero-order valence-corrected chi connectivity index (χ0v) is 19.3. The lowest BCUT2D eigenvalue weighted by atomic mass is 10.2. The Labute approximate surface area is 173 Å². The number of halogens is 1. The van der Waals surface area contributed by atoms with E-state index in [0.29, 0.717) is 24.0 Å². The Bertz CT molecular complexity index is 490. The van der Waals surface area contributed by atoms with E-state index < -0.39 is 6.10 Å². The molecule has 0 saturated heterocycles. The van der Waals surface area contributed by atoms with Gasteiger partial charge in [-0.3, -0.25) is 4.79 Å². The lowest BCUT2D eigenvalue weighted by Crippen LogP contribution is -2.36. The highest BCUT2D eigenvalue weighted by molar-refractivity contribution is 14.1. The van der Waals surface area contributed by atoms with E-state index in [9.17, 15) is 9.90 Å². The van der Waals surface area contributed by atoms with Gasteiger partial charge in [-0.1, -0.05) is 50.3 Å². The van der Waals surface area contributed by atoms with E-state index in [1.54, 1.807) is 28.3 Å². The number of ether oxygens (including phenoxy) is 1. The van der Waals surface area contributed by atoms with Gasteiger partial charge in [-0.15, -0.1) is 0 Å². The van der Waals surface area contributed by atoms with Gasteiger partial charge < -0.3 is 20.1 Å². The van der Waals surface area contributed by atoms with Crippen molar-refractivity contribution in [1.82, 2.24) is 4.90 Å². The molecule has 2 N–H and O–H groups in total. The van der Waals surface area contributed by atoms with Crippen molar-refractivity contribution < 1.29 is 14.6 Å². The number of nitrogens with zero attached hydrogens (tertiary/aromatic N) is 1. The molecule has 5 nitrogen and oxygen atoms in total. The summed E-state index contributed by atoms with van der Waals surface area (Å²) >= 11 is 1.99. The molecule has 0 saturated carbocycles. The van der Waals surface area contributed by atoms with Gasteiger partial charge in [0, 0.05) is 24.4 Å². The molecule has 0 spiro atoms. The molecule has 0 aliphatic carbocycles. The van der Waals surface area contributed by atoms with Crippen LogP contribution in [-0.4, -0.2) is 48.3 Å². The Morgan fingerprint density at radius 2 is 1.77 bits per heavy atom. The highest BCUT2D eigenvalue weighted by atomic mass is 127. The van der Waals surface area contributed by atoms with E-state index in [-0.39, 0.29) is 12.5 Å². The number of hydrogen-bond acceptors (Lipinski definition) is 4. The topological polar surface area (TPSA) is 61.8 Å². The molecule has 0 aliphatic heterocycles. The highest BCUT2D eigenvalue weighted by Crippen LogP contribution is 2.16. The SMILES string of the molecule is CC.CC.CC(C)N(C)CC(O)COc1ccc(NC(=O)/C=C\I)cc1. The molecule has 1 aromatic carbocycles. The maximum atomic E-state index is 11.4. The Morgan fingerprint density at radius 1 is 1.23 bits per heavy atom. The van der Waals surface area contributed by atoms with Gasteiger partial charge in [-0.25, -0.2) is 0 Å². The summed E-state index contributed by atoms with van der Waals surface area (Å²) in [6.45, 7) is 13.0. The number of carbonyl (C=O) groups excluding carboxylic acids is 1. The van der Waals surface area contributed by atoms with E-state index in [1.807, 2.05) is 57.3 Å². The van der Waals surface area contributed by atoms with Crippen LogP contribution in [0, 0.1) is 0 Å². The van der Waals surface area contributed by atoms with Crippen LogP contribution in [0.1, 0.15) is 41.5 Å². The van der Waals surface area contributed by atoms with Gasteiger partial charge in [0.15, 0.2) is 0 Å². The normalized spacial score (nSPS) is 11.3. The van der Waals surface area contributed by atoms with Crippen molar-refractivity contribution in [3.8, 4) is 5.75 Å². The predicted octanol–water partition coefficient (Wildman–Crippen LogP) is 4.71. The molecule has 0 bridgehead atoms. The van der Waals surface area contributed by atoms with Crippen molar-refractivity contribution in [2.24, 2.45) is 0 Å². The summed E-state index contributed by atoms with van der Waals surface area (Å²) in [5.41, 5.74) is 0.701. The molecule has 0 radical (unpaired) electrons. The van der Waals surface area contributed by atoms with Gasteiger partial charge in [0.25, 0.3) is 0 Å². The third-order valence-corrected chi connectivity index (χ3v) is 3.52. The molecule has 1 unspecified atom stereocenters. The van der Waals surface area contributed by atoms with Crippen LogP contribution in [0.2, 0.25) is 0 Å². The second-order valence-electron chi connectivity index (χ2n) is 5.30. The maximum Gasteiger partial charge on any atom is 0.248 e. The fourth-order valence-electron chi connectivity index (χ4n) is 1.66. The first kappa shape index (κ1) is 27.1. The van der Waals surface area contributed by atoms with Crippen molar-refractivity contribution in [2.45, 2.75) is 53.7 Å². The molecule has 26 heavy (non-hydrogen) atoms. The van der Waals surface area contributed by atoms with Gasteiger partial charge in [-0.2, -0.15) is 0 Å². The number of anilines is 1. The van der Waals surface area contributed by atoms with Crippen LogP contribution in [0.4, 0.5) is 5.69 Å². The quantitative estimate of drug-likeness (QED) is 0.420. The van der Waals surface area contributed by atoms with Gasteiger partial charge in [-0.05, 0) is 49.2 Å². The Balaban J connectivity index is 0. The maximum absolute atomic E-state index is 11.4. The monoisotopic (exact) mass is 478 g/mol. The summed E-state index contributed by atoms with van der Waals surface area (Å²) in [5.74, 6) is 0.490. The minimum atomic E-state index is -0.541. The zero-order chi connectivity index (χ0) is 20.5. The van der Waals surface area contributed by atoms with E-state index in [1.165, 1.54) is 6.08 Å². The number of likely N-dealkylation sites (N-methyl/N-ethyl adjacent to an activating group) is 1. The number of aliphatic hydroxyl groups is 1. The summed E-state index contributed by atoms with van der Waals surface area (Å²) in [6, 6.07) is 7.45. The number of nitrogens with one attached hydrogen (secondary N) is 1. The molecule has 0 heterocycles. The van der Waals surface area contributed by atoms with Gasteiger partial charge in [0.05, 0.1) is 0 Å². The smallest absolute Gasteiger partial charge is 0.248 e. The van der Waals surface area contributed by atoms with Crippen molar-refractivity contribution in [2.75, 3.05) is 25.5 Å². The van der Waals surface area contributed by atoms with Crippen LogP contribution in [-0.2, 0) is 4.79 Å². The van der Waals surface area contributed by atoms with Crippen LogP contribution in [0.25, 0.3) is 0 Å². The largest absolute Gasteiger partial charge is 0.491 e.